The van der Waals surface area contributed by atoms with E-state index in [1.165, 1.54) is 7.11 Å². The van der Waals surface area contributed by atoms with Gasteiger partial charge in [-0.1, -0.05) is 6.92 Å². The van der Waals surface area contributed by atoms with E-state index < -0.39 is 5.54 Å². The maximum absolute atomic E-state index is 12.0. The van der Waals surface area contributed by atoms with Gasteiger partial charge in [-0.2, -0.15) is 0 Å². The van der Waals surface area contributed by atoms with Crippen molar-refractivity contribution in [2.45, 2.75) is 51.6 Å². The molecule has 0 rings (SSSR count). The normalized spacial score (nSPS) is 15.9. The maximum atomic E-state index is 12.0. The molecule has 0 saturated carbocycles. The van der Waals surface area contributed by atoms with Crippen LogP contribution in [0.15, 0.2) is 0 Å². The van der Waals surface area contributed by atoms with Crippen LogP contribution in [-0.4, -0.2) is 63.4 Å². The molecule has 0 saturated heterocycles. The molecule has 0 aliphatic rings. The maximum Gasteiger partial charge on any atom is 0.325 e. The number of hydrogen-bond acceptors (Lipinski definition) is 5. The van der Waals surface area contributed by atoms with E-state index in [0.717, 1.165) is 39.0 Å². The molecule has 0 aliphatic heterocycles. The minimum atomic E-state index is -0.625. The number of esters is 1. The number of hydrogen-bond donors (Lipinski definition) is 1. The molecule has 0 spiro atoms. The summed E-state index contributed by atoms with van der Waals surface area (Å²) in [6.07, 6.45) is 2.71. The summed E-state index contributed by atoms with van der Waals surface area (Å²) in [6.45, 7) is 8.69. The van der Waals surface area contributed by atoms with Crippen molar-refractivity contribution in [2.75, 3.05) is 41.0 Å². The average Bonchev–Trinajstić information content (AvgIpc) is 2.44. The first kappa shape index (κ1) is 19.4. The van der Waals surface area contributed by atoms with Gasteiger partial charge in [-0.25, -0.2) is 0 Å². The van der Waals surface area contributed by atoms with E-state index in [4.69, 9.17) is 9.47 Å². The van der Waals surface area contributed by atoms with Crippen molar-refractivity contribution in [1.29, 1.82) is 0 Å². The summed E-state index contributed by atoms with van der Waals surface area (Å²) >= 11 is 0. The third-order valence-corrected chi connectivity index (χ3v) is 3.72. The lowest BCUT2D eigenvalue weighted by atomic mass is 9.92. The Morgan fingerprint density at radius 2 is 2.05 bits per heavy atom. The van der Waals surface area contributed by atoms with E-state index >= 15 is 0 Å². The Hall–Kier alpha value is -0.650. The third kappa shape index (κ3) is 6.68. The first-order chi connectivity index (χ1) is 9.41. The van der Waals surface area contributed by atoms with Crippen LogP contribution in [0.2, 0.25) is 0 Å². The van der Waals surface area contributed by atoms with Crippen molar-refractivity contribution < 1.29 is 14.3 Å². The van der Waals surface area contributed by atoms with Crippen molar-refractivity contribution in [2.24, 2.45) is 0 Å². The molecule has 0 aromatic rings. The molecule has 0 aromatic heterocycles. The van der Waals surface area contributed by atoms with Gasteiger partial charge in [0.1, 0.15) is 5.54 Å². The Balaban J connectivity index is 4.51. The molecule has 0 aliphatic carbocycles. The van der Waals surface area contributed by atoms with Crippen molar-refractivity contribution in [3.63, 3.8) is 0 Å². The van der Waals surface area contributed by atoms with Crippen LogP contribution in [0, 0.1) is 0 Å². The highest BCUT2D eigenvalue weighted by Gasteiger charge is 2.35. The van der Waals surface area contributed by atoms with Gasteiger partial charge in [0.25, 0.3) is 0 Å². The lowest BCUT2D eigenvalue weighted by molar-refractivity contribution is -0.148. The number of nitrogens with zero attached hydrogens (tertiary/aromatic N) is 1. The molecule has 0 bridgehead atoms. The van der Waals surface area contributed by atoms with E-state index in [9.17, 15) is 4.79 Å². The van der Waals surface area contributed by atoms with Crippen LogP contribution in [0.3, 0.4) is 0 Å². The molecule has 0 fully saturated rings. The molecule has 0 heterocycles. The summed E-state index contributed by atoms with van der Waals surface area (Å²) in [6, 6.07) is 0.292. The Morgan fingerprint density at radius 1 is 1.40 bits per heavy atom. The SMILES string of the molecule is CCCNC(C)(CC(C)N(C)CCCOC)C(=O)OC. The van der Waals surface area contributed by atoms with Crippen molar-refractivity contribution >= 4 is 5.97 Å². The second kappa shape index (κ2) is 10.1. The highest BCUT2D eigenvalue weighted by Crippen LogP contribution is 2.18. The highest BCUT2D eigenvalue weighted by atomic mass is 16.5. The quantitative estimate of drug-likeness (QED) is 0.463. The fourth-order valence-corrected chi connectivity index (χ4v) is 2.28. The number of ether oxygens (including phenoxy) is 2. The zero-order valence-corrected chi connectivity index (χ0v) is 14.0. The summed E-state index contributed by atoms with van der Waals surface area (Å²) in [5, 5.41) is 3.32. The van der Waals surface area contributed by atoms with Crippen molar-refractivity contribution in [3.8, 4) is 0 Å². The number of carbonyl (C=O) groups is 1. The minimum Gasteiger partial charge on any atom is -0.468 e. The molecular formula is C15H32N2O3. The number of carbonyl (C=O) groups excluding carboxylic acids is 1. The van der Waals surface area contributed by atoms with Gasteiger partial charge in [0.15, 0.2) is 0 Å². The lowest BCUT2D eigenvalue weighted by Crippen LogP contribution is -2.54. The molecule has 1 N–H and O–H groups in total. The summed E-state index contributed by atoms with van der Waals surface area (Å²) in [7, 11) is 5.24. The van der Waals surface area contributed by atoms with E-state index in [1.807, 2.05) is 6.92 Å². The highest BCUT2D eigenvalue weighted by molar-refractivity contribution is 5.80. The fraction of sp³-hybridized carbons (Fsp3) is 0.933. The van der Waals surface area contributed by atoms with Crippen LogP contribution in [0.5, 0.6) is 0 Å². The molecule has 5 nitrogen and oxygen atoms in total. The van der Waals surface area contributed by atoms with Gasteiger partial charge in [0, 0.05) is 26.3 Å². The average molecular weight is 288 g/mol. The van der Waals surface area contributed by atoms with Gasteiger partial charge < -0.3 is 19.7 Å². The van der Waals surface area contributed by atoms with Gasteiger partial charge in [-0.3, -0.25) is 4.79 Å². The molecule has 120 valence electrons. The Morgan fingerprint density at radius 3 is 2.55 bits per heavy atom. The molecule has 0 radical (unpaired) electrons. The molecule has 5 heteroatoms. The van der Waals surface area contributed by atoms with E-state index in [0.29, 0.717) is 6.04 Å². The van der Waals surface area contributed by atoms with E-state index in [2.05, 4.69) is 31.1 Å². The summed E-state index contributed by atoms with van der Waals surface area (Å²) in [5.74, 6) is -0.192. The summed E-state index contributed by atoms with van der Waals surface area (Å²) < 4.78 is 10.0. The third-order valence-electron chi connectivity index (χ3n) is 3.72. The number of rotatable bonds is 11. The van der Waals surface area contributed by atoms with Gasteiger partial charge in [0.05, 0.1) is 7.11 Å². The summed E-state index contributed by atoms with van der Waals surface area (Å²) in [5.41, 5.74) is -0.625. The van der Waals surface area contributed by atoms with Crippen LogP contribution in [0.4, 0.5) is 0 Å². The second-order valence-electron chi connectivity index (χ2n) is 5.63. The molecule has 2 unspecified atom stereocenters. The monoisotopic (exact) mass is 288 g/mol. The number of nitrogens with one attached hydrogen (secondary N) is 1. The number of methoxy groups -OCH3 is 2. The zero-order valence-electron chi connectivity index (χ0n) is 14.0. The summed E-state index contributed by atoms with van der Waals surface area (Å²) in [4.78, 5) is 14.3. The van der Waals surface area contributed by atoms with Crippen LogP contribution in [0.1, 0.15) is 40.0 Å². The van der Waals surface area contributed by atoms with Crippen molar-refractivity contribution in [3.05, 3.63) is 0 Å². The van der Waals surface area contributed by atoms with Crippen molar-refractivity contribution in [1.82, 2.24) is 10.2 Å². The smallest absolute Gasteiger partial charge is 0.325 e. The Labute approximate surface area is 124 Å². The molecular weight excluding hydrogens is 256 g/mol. The fourth-order valence-electron chi connectivity index (χ4n) is 2.28. The zero-order chi connectivity index (χ0) is 15.6. The predicted molar refractivity (Wildman–Crippen MR) is 81.9 cm³/mol. The molecule has 20 heavy (non-hydrogen) atoms. The van der Waals surface area contributed by atoms with Crippen LogP contribution in [0.25, 0.3) is 0 Å². The largest absolute Gasteiger partial charge is 0.468 e. The molecule has 2 atom stereocenters. The Kier molecular flexibility index (Phi) is 9.80. The van der Waals surface area contributed by atoms with Gasteiger partial charge in [0.2, 0.25) is 0 Å². The molecule has 0 amide bonds. The van der Waals surface area contributed by atoms with E-state index in [1.54, 1.807) is 7.11 Å². The predicted octanol–water partition coefficient (Wildman–Crippen LogP) is 1.66. The molecule has 0 aromatic carbocycles. The minimum absolute atomic E-state index is 0.192. The lowest BCUT2D eigenvalue weighted by Gasteiger charge is -2.34. The standard InChI is InChI=1S/C15H32N2O3/c1-7-9-16-15(3,14(18)20-6)12-13(2)17(4)10-8-11-19-5/h13,16H,7-12H2,1-6H3. The van der Waals surface area contributed by atoms with Crippen LogP contribution in [-0.2, 0) is 14.3 Å². The van der Waals surface area contributed by atoms with Gasteiger partial charge in [-0.05, 0) is 46.7 Å². The first-order valence-corrected chi connectivity index (χ1v) is 7.43. The van der Waals surface area contributed by atoms with Crippen LogP contribution < -0.4 is 5.32 Å². The first-order valence-electron chi connectivity index (χ1n) is 7.43. The topological polar surface area (TPSA) is 50.8 Å². The van der Waals surface area contributed by atoms with Crippen LogP contribution >= 0.6 is 0 Å². The Bertz CT molecular complexity index is 274. The van der Waals surface area contributed by atoms with Gasteiger partial charge in [-0.15, -0.1) is 0 Å². The van der Waals surface area contributed by atoms with Gasteiger partial charge >= 0.3 is 5.97 Å². The van der Waals surface area contributed by atoms with E-state index in [-0.39, 0.29) is 5.97 Å². The second-order valence-corrected chi connectivity index (χ2v) is 5.63.